The number of carboxylic acids is 1. The summed E-state index contributed by atoms with van der Waals surface area (Å²) >= 11 is 0. The van der Waals surface area contributed by atoms with Gasteiger partial charge in [0.15, 0.2) is 12.4 Å². The minimum Gasteiger partial charge on any atom is -0.545 e. The molecule has 71 heavy (non-hydrogen) atoms. The van der Waals surface area contributed by atoms with E-state index in [4.69, 9.17) is 18.9 Å². The normalized spacial score (nSPS) is 14.2. The molecule has 0 amide bonds. The molecule has 0 rings (SSSR count). The second-order valence-corrected chi connectivity index (χ2v) is 17.7. The summed E-state index contributed by atoms with van der Waals surface area (Å²) < 4.78 is 22.5. The van der Waals surface area contributed by atoms with Crippen LogP contribution < -0.4 is 5.11 Å². The van der Waals surface area contributed by atoms with E-state index >= 15 is 0 Å². The molecule has 0 bridgehead atoms. The fourth-order valence-corrected chi connectivity index (χ4v) is 5.98. The number of carboxylic acid groups (broad SMARTS) is 1. The molecule has 0 aromatic heterocycles. The molecule has 0 spiro atoms. The highest BCUT2D eigenvalue weighted by Gasteiger charge is 2.21. The van der Waals surface area contributed by atoms with Gasteiger partial charge in [-0.05, 0) is 116 Å². The van der Waals surface area contributed by atoms with Gasteiger partial charge in [0.05, 0.1) is 40.3 Å². The summed E-state index contributed by atoms with van der Waals surface area (Å²) in [5, 5.41) is 11.7. The lowest BCUT2D eigenvalue weighted by atomic mass is 10.2. The third-order valence-corrected chi connectivity index (χ3v) is 9.96. The van der Waals surface area contributed by atoms with Gasteiger partial charge in [-0.2, -0.15) is 0 Å². The minimum atomic E-state index is -1.66. The van der Waals surface area contributed by atoms with Gasteiger partial charge in [-0.25, -0.2) is 0 Å². The van der Waals surface area contributed by atoms with Gasteiger partial charge in [0.1, 0.15) is 13.2 Å². The van der Waals surface area contributed by atoms with Gasteiger partial charge in [-0.3, -0.25) is 9.59 Å². The predicted octanol–water partition coefficient (Wildman–Crippen LogP) is 13.9. The van der Waals surface area contributed by atoms with Gasteiger partial charge in [0.25, 0.3) is 0 Å². The zero-order valence-corrected chi connectivity index (χ0v) is 44.5. The average molecular weight is 980 g/mol. The lowest BCUT2D eigenvalue weighted by Gasteiger charge is -2.26. The summed E-state index contributed by atoms with van der Waals surface area (Å²) in [7, 11) is 5.86. The summed E-state index contributed by atoms with van der Waals surface area (Å²) in [5.41, 5.74) is 0. The minimum absolute atomic E-state index is 0.117. The van der Waals surface area contributed by atoms with Crippen LogP contribution in [0.25, 0.3) is 0 Å². The van der Waals surface area contributed by atoms with Crippen molar-refractivity contribution in [1.82, 2.24) is 0 Å². The van der Waals surface area contributed by atoms with Crippen LogP contribution >= 0.6 is 0 Å². The van der Waals surface area contributed by atoms with Crippen molar-refractivity contribution >= 4 is 17.9 Å². The third-order valence-electron chi connectivity index (χ3n) is 9.96. The number of hydrogen-bond donors (Lipinski definition) is 0. The molecular formula is C62H93NO8. The molecule has 0 saturated carbocycles. The first-order valence-corrected chi connectivity index (χ1v) is 26.3. The molecule has 0 saturated heterocycles. The van der Waals surface area contributed by atoms with E-state index < -0.39 is 30.3 Å². The van der Waals surface area contributed by atoms with Gasteiger partial charge >= 0.3 is 11.9 Å². The lowest BCUT2D eigenvalue weighted by Crippen LogP contribution is -2.44. The molecule has 0 aliphatic carbocycles. The summed E-state index contributed by atoms with van der Waals surface area (Å²) in [6.45, 7) is 4.33. The third kappa shape index (κ3) is 52.3. The Morgan fingerprint density at radius 2 is 0.732 bits per heavy atom. The van der Waals surface area contributed by atoms with Crippen molar-refractivity contribution in [2.45, 2.75) is 155 Å². The maximum atomic E-state index is 12.8. The van der Waals surface area contributed by atoms with Crippen molar-refractivity contribution in [3.8, 4) is 0 Å². The van der Waals surface area contributed by atoms with Crippen molar-refractivity contribution < 1.29 is 42.9 Å². The fraction of sp³-hybridized carbons (Fsp3) is 0.500. The van der Waals surface area contributed by atoms with Crippen LogP contribution in [0.5, 0.6) is 0 Å². The van der Waals surface area contributed by atoms with Gasteiger partial charge < -0.3 is 33.3 Å². The Balaban J connectivity index is 4.54. The van der Waals surface area contributed by atoms with Crippen molar-refractivity contribution in [3.05, 3.63) is 170 Å². The smallest absolute Gasteiger partial charge is 0.306 e. The van der Waals surface area contributed by atoms with Crippen LogP contribution in [-0.4, -0.2) is 82.3 Å². The number of unbranched alkanes of at least 4 members (excludes halogenated alkanes) is 2. The number of hydrogen-bond acceptors (Lipinski definition) is 8. The number of quaternary nitrogens is 1. The number of carbonyl (C=O) groups is 3. The Morgan fingerprint density at radius 3 is 1.04 bits per heavy atom. The number of carbonyl (C=O) groups excluding carboxylic acids is 3. The van der Waals surface area contributed by atoms with Gasteiger partial charge in [-0.15, -0.1) is 0 Å². The molecule has 0 aliphatic heterocycles. The Morgan fingerprint density at radius 1 is 0.423 bits per heavy atom. The van der Waals surface area contributed by atoms with Crippen molar-refractivity contribution in [1.29, 1.82) is 0 Å². The van der Waals surface area contributed by atoms with Gasteiger partial charge in [0, 0.05) is 12.8 Å². The Bertz CT molecular complexity index is 1760. The van der Waals surface area contributed by atoms with Crippen LogP contribution in [0.1, 0.15) is 142 Å². The number of likely N-dealkylation sites (N-methyl/N-ethyl adjacent to an activating group) is 1. The first-order chi connectivity index (χ1) is 34.6. The SMILES string of the molecule is CC/C=C\C/C=C\C/C=C\C/C=C\C/C=C\C/C=C\C/C=C\C/C=C\C/C=C\CCCC(=O)OC(COC(=O)CCC/C=C\C/C=C\C/C=C\C/C=C\C/C=C\CC)COC(OCC[N+](C)(C)C)C(=O)[O-]. The van der Waals surface area contributed by atoms with Gasteiger partial charge in [0.2, 0.25) is 0 Å². The largest absolute Gasteiger partial charge is 0.545 e. The van der Waals surface area contributed by atoms with E-state index in [1.54, 1.807) is 0 Å². The van der Waals surface area contributed by atoms with E-state index in [0.717, 1.165) is 96.3 Å². The molecule has 9 heteroatoms. The van der Waals surface area contributed by atoms with Crippen LogP contribution in [0.15, 0.2) is 170 Å². The van der Waals surface area contributed by atoms with E-state index in [1.165, 1.54) is 0 Å². The number of ether oxygens (including phenoxy) is 4. The van der Waals surface area contributed by atoms with Gasteiger partial charge in [-0.1, -0.05) is 184 Å². The van der Waals surface area contributed by atoms with E-state index in [1.807, 2.05) is 33.3 Å². The maximum Gasteiger partial charge on any atom is 0.306 e. The van der Waals surface area contributed by atoms with Crippen LogP contribution in [0.4, 0.5) is 0 Å². The van der Waals surface area contributed by atoms with E-state index in [-0.39, 0.29) is 32.7 Å². The summed E-state index contributed by atoms with van der Waals surface area (Å²) in [6.07, 6.45) is 74.1. The van der Waals surface area contributed by atoms with Crippen LogP contribution in [0.2, 0.25) is 0 Å². The van der Waals surface area contributed by atoms with Crippen molar-refractivity contribution in [2.24, 2.45) is 0 Å². The highest BCUT2D eigenvalue weighted by atomic mass is 16.7. The molecule has 394 valence electrons. The lowest BCUT2D eigenvalue weighted by molar-refractivity contribution is -0.870. The molecule has 0 aromatic carbocycles. The molecule has 0 aromatic rings. The molecule has 0 heterocycles. The van der Waals surface area contributed by atoms with Crippen molar-refractivity contribution in [3.63, 3.8) is 0 Å². The number of allylic oxidation sites excluding steroid dienone is 28. The first-order valence-electron chi connectivity index (χ1n) is 26.3. The maximum absolute atomic E-state index is 12.8. The molecule has 0 fully saturated rings. The Hall–Kier alpha value is -5.35. The van der Waals surface area contributed by atoms with Crippen LogP contribution in [0, 0.1) is 0 Å². The van der Waals surface area contributed by atoms with Crippen LogP contribution in [0.3, 0.4) is 0 Å². The van der Waals surface area contributed by atoms with E-state index in [9.17, 15) is 19.5 Å². The number of nitrogens with zero attached hydrogens (tertiary/aromatic N) is 1. The highest BCUT2D eigenvalue weighted by molar-refractivity contribution is 5.70. The molecule has 2 unspecified atom stereocenters. The second kappa shape index (κ2) is 51.0. The molecule has 0 aliphatic rings. The molecule has 9 nitrogen and oxygen atoms in total. The number of aliphatic carboxylic acids is 1. The molecule has 2 atom stereocenters. The number of rotatable bonds is 45. The number of esters is 2. The summed E-state index contributed by atoms with van der Waals surface area (Å²) in [4.78, 5) is 37.1. The standard InChI is InChI=1S/C62H93NO8/c1-6-8-10-12-14-16-18-20-22-24-25-26-27-28-29-30-31-32-33-34-35-37-39-41-43-45-47-49-51-53-60(65)71-58(57-70-62(61(66)67)68-55-54-63(3,4)5)56-69-59(64)52-50-48-46-44-42-40-38-36-23-21-19-17-15-13-11-9-7-2/h8-11,14-17,20-23,25-26,28-29,31-32,34-35,38-41,44-47,58,62H,6-7,12-13,18-19,24,27,30,33,36-37,42-43,48-57H2,1-5H3/b10-8-,11-9-,16-14-,17-15-,22-20-,23-21-,26-25-,29-28-,32-31-,35-34-,40-38-,41-39-,46-44-,47-45-. The summed E-state index contributed by atoms with van der Waals surface area (Å²) in [5.74, 6) is -2.48. The topological polar surface area (TPSA) is 111 Å². The zero-order chi connectivity index (χ0) is 52.0. The fourth-order valence-electron chi connectivity index (χ4n) is 5.98. The average Bonchev–Trinajstić information content (AvgIpc) is 3.34. The van der Waals surface area contributed by atoms with Crippen molar-refractivity contribution in [2.75, 3.05) is 47.5 Å². The second-order valence-electron chi connectivity index (χ2n) is 17.7. The quantitative estimate of drug-likeness (QED) is 0.0195. The first kappa shape index (κ1) is 65.7. The monoisotopic (exact) mass is 980 g/mol. The van der Waals surface area contributed by atoms with E-state index in [0.29, 0.717) is 30.3 Å². The van der Waals surface area contributed by atoms with E-state index in [2.05, 4.69) is 172 Å². The predicted molar refractivity (Wildman–Crippen MR) is 296 cm³/mol. The zero-order valence-electron chi connectivity index (χ0n) is 44.5. The molecular weight excluding hydrogens is 887 g/mol. The molecule has 0 N–H and O–H groups in total. The highest BCUT2D eigenvalue weighted by Crippen LogP contribution is 2.09. The molecule has 0 radical (unpaired) electrons. The Kier molecular flexibility index (Phi) is 47.2. The summed E-state index contributed by atoms with van der Waals surface area (Å²) in [6, 6.07) is 0. The van der Waals surface area contributed by atoms with Crippen LogP contribution in [-0.2, 0) is 33.3 Å². The Labute approximate surface area is 431 Å².